The van der Waals surface area contributed by atoms with Gasteiger partial charge in [0, 0.05) is 23.9 Å². The zero-order valence-electron chi connectivity index (χ0n) is 16.7. The number of aryl methyl sites for hydroxylation is 1. The molecule has 1 aliphatic rings. The summed E-state index contributed by atoms with van der Waals surface area (Å²) in [5.41, 5.74) is 0.478. The van der Waals surface area contributed by atoms with Gasteiger partial charge in [-0.15, -0.1) is 0 Å². The van der Waals surface area contributed by atoms with Gasteiger partial charge in [-0.3, -0.25) is 14.4 Å². The standard InChI is InChI=1S/C22H18F2N4O3S/c23-13-8-14(24)10-15(9-13)25-20(30)16-11-17(29)26-19-18(16)21(31)28-22(27-19)32-7-6-12-4-2-1-3-5-12/h1-5,8-10,16H,6-7,11H2,(H,25,30)(H2,26,27,28,29,31). The summed E-state index contributed by atoms with van der Waals surface area (Å²) in [5, 5.41) is 5.21. The molecule has 2 aromatic carbocycles. The molecule has 0 spiro atoms. The Morgan fingerprint density at radius 2 is 1.84 bits per heavy atom. The first-order valence-electron chi connectivity index (χ1n) is 9.77. The van der Waals surface area contributed by atoms with Crippen LogP contribution in [0, 0.1) is 11.6 Å². The summed E-state index contributed by atoms with van der Waals surface area (Å²) in [5.74, 6) is -3.43. The van der Waals surface area contributed by atoms with Crippen molar-refractivity contribution >= 4 is 35.1 Å². The number of hydrogen-bond donors (Lipinski definition) is 3. The van der Waals surface area contributed by atoms with Crippen molar-refractivity contribution in [3.63, 3.8) is 0 Å². The van der Waals surface area contributed by atoms with E-state index >= 15 is 0 Å². The quantitative estimate of drug-likeness (QED) is 0.389. The largest absolute Gasteiger partial charge is 0.325 e. The first kappa shape index (κ1) is 21.7. The molecule has 0 saturated heterocycles. The SMILES string of the molecule is O=C1CC(C(=O)Nc2cc(F)cc(F)c2)c2c(nc(SCCc3ccccc3)[nH]c2=O)N1. The van der Waals surface area contributed by atoms with Crippen molar-refractivity contribution < 1.29 is 18.4 Å². The molecule has 2 amide bonds. The molecule has 0 aliphatic carbocycles. The van der Waals surface area contributed by atoms with Crippen LogP contribution in [0.4, 0.5) is 20.3 Å². The van der Waals surface area contributed by atoms with E-state index in [2.05, 4.69) is 20.6 Å². The third-order valence-electron chi connectivity index (χ3n) is 4.85. The molecular formula is C22H18F2N4O3S. The van der Waals surface area contributed by atoms with Crippen molar-refractivity contribution in [2.24, 2.45) is 0 Å². The van der Waals surface area contributed by atoms with Gasteiger partial charge in [0.15, 0.2) is 5.16 Å². The molecule has 10 heteroatoms. The summed E-state index contributed by atoms with van der Waals surface area (Å²) >= 11 is 1.32. The summed E-state index contributed by atoms with van der Waals surface area (Å²) in [7, 11) is 0. The van der Waals surface area contributed by atoms with Gasteiger partial charge < -0.3 is 15.6 Å². The van der Waals surface area contributed by atoms with Crippen LogP contribution >= 0.6 is 11.8 Å². The number of anilines is 2. The Bertz CT molecular complexity index is 1210. The maximum atomic E-state index is 13.4. The maximum absolute atomic E-state index is 13.4. The lowest BCUT2D eigenvalue weighted by Gasteiger charge is -2.23. The molecule has 0 saturated carbocycles. The first-order valence-corrected chi connectivity index (χ1v) is 10.8. The number of carbonyl (C=O) groups excluding carboxylic acids is 2. The van der Waals surface area contributed by atoms with Crippen molar-refractivity contribution in [2.45, 2.75) is 23.9 Å². The zero-order valence-corrected chi connectivity index (χ0v) is 17.5. The summed E-state index contributed by atoms with van der Waals surface area (Å²) in [6.45, 7) is 0. The molecule has 1 aliphatic heterocycles. The van der Waals surface area contributed by atoms with E-state index in [4.69, 9.17) is 0 Å². The van der Waals surface area contributed by atoms with E-state index < -0.39 is 34.9 Å². The average molecular weight is 456 g/mol. The number of aromatic amines is 1. The number of H-pyrrole nitrogens is 1. The number of fused-ring (bicyclic) bond motifs is 1. The van der Waals surface area contributed by atoms with Gasteiger partial charge in [-0.05, 0) is 24.1 Å². The number of hydrogen-bond acceptors (Lipinski definition) is 5. The molecule has 32 heavy (non-hydrogen) atoms. The van der Waals surface area contributed by atoms with E-state index in [0.717, 1.165) is 24.1 Å². The molecule has 4 rings (SSSR count). The van der Waals surface area contributed by atoms with Crippen LogP contribution in [0.15, 0.2) is 58.5 Å². The predicted octanol–water partition coefficient (Wildman–Crippen LogP) is 3.45. The van der Waals surface area contributed by atoms with E-state index in [-0.39, 0.29) is 23.5 Å². The highest BCUT2D eigenvalue weighted by Gasteiger charge is 2.34. The smallest absolute Gasteiger partial charge is 0.257 e. The van der Waals surface area contributed by atoms with Crippen LogP contribution in [-0.4, -0.2) is 27.5 Å². The van der Waals surface area contributed by atoms with Crippen LogP contribution < -0.4 is 16.2 Å². The lowest BCUT2D eigenvalue weighted by molar-refractivity contribution is -0.123. The van der Waals surface area contributed by atoms with Crippen molar-refractivity contribution in [1.82, 2.24) is 9.97 Å². The number of benzene rings is 2. The lowest BCUT2D eigenvalue weighted by atomic mass is 9.92. The highest BCUT2D eigenvalue weighted by molar-refractivity contribution is 7.99. The third-order valence-corrected chi connectivity index (χ3v) is 5.72. The number of nitrogens with one attached hydrogen (secondary N) is 3. The highest BCUT2D eigenvalue weighted by atomic mass is 32.2. The minimum Gasteiger partial charge on any atom is -0.325 e. The average Bonchev–Trinajstić information content (AvgIpc) is 2.73. The van der Waals surface area contributed by atoms with Gasteiger partial charge in [-0.2, -0.15) is 0 Å². The minimum absolute atomic E-state index is 0.00591. The second-order valence-corrected chi connectivity index (χ2v) is 8.25. The molecule has 7 nitrogen and oxygen atoms in total. The van der Waals surface area contributed by atoms with Gasteiger partial charge in [0.05, 0.1) is 11.5 Å². The predicted molar refractivity (Wildman–Crippen MR) is 117 cm³/mol. The van der Waals surface area contributed by atoms with Crippen LogP contribution in [0.2, 0.25) is 0 Å². The number of rotatable bonds is 6. The Hall–Kier alpha value is -3.53. The Morgan fingerprint density at radius 3 is 2.56 bits per heavy atom. The van der Waals surface area contributed by atoms with Gasteiger partial charge in [-0.1, -0.05) is 42.1 Å². The van der Waals surface area contributed by atoms with E-state index in [1.165, 1.54) is 11.8 Å². The first-order chi connectivity index (χ1) is 15.4. The Kier molecular flexibility index (Phi) is 6.31. The van der Waals surface area contributed by atoms with Crippen molar-refractivity contribution in [3.05, 3.63) is 81.6 Å². The third kappa shape index (κ3) is 5.02. The Balaban J connectivity index is 1.53. The molecule has 1 aromatic heterocycles. The van der Waals surface area contributed by atoms with Gasteiger partial charge in [-0.25, -0.2) is 13.8 Å². The van der Waals surface area contributed by atoms with Crippen LogP contribution in [0.1, 0.15) is 23.5 Å². The molecule has 0 radical (unpaired) electrons. The number of thioether (sulfide) groups is 1. The van der Waals surface area contributed by atoms with Gasteiger partial charge in [0.25, 0.3) is 5.56 Å². The number of carbonyl (C=O) groups is 2. The Labute approximate surface area is 185 Å². The summed E-state index contributed by atoms with van der Waals surface area (Å²) in [4.78, 5) is 44.6. The van der Waals surface area contributed by atoms with Gasteiger partial charge in [0.1, 0.15) is 17.5 Å². The molecular weight excluding hydrogens is 438 g/mol. The fourth-order valence-corrected chi connectivity index (χ4v) is 4.26. The molecule has 0 fully saturated rings. The fourth-order valence-electron chi connectivity index (χ4n) is 3.41. The van der Waals surface area contributed by atoms with E-state index in [0.29, 0.717) is 17.0 Å². The van der Waals surface area contributed by atoms with E-state index in [1.54, 1.807) is 0 Å². The molecule has 1 atom stereocenters. The molecule has 3 N–H and O–H groups in total. The highest BCUT2D eigenvalue weighted by Crippen LogP contribution is 2.30. The molecule has 1 unspecified atom stereocenters. The maximum Gasteiger partial charge on any atom is 0.257 e. The summed E-state index contributed by atoms with van der Waals surface area (Å²) < 4.78 is 26.8. The second kappa shape index (κ2) is 9.31. The van der Waals surface area contributed by atoms with Crippen LogP contribution in [0.25, 0.3) is 0 Å². The van der Waals surface area contributed by atoms with Crippen molar-refractivity contribution in [2.75, 3.05) is 16.4 Å². The van der Waals surface area contributed by atoms with Crippen LogP contribution in [0.5, 0.6) is 0 Å². The lowest BCUT2D eigenvalue weighted by Crippen LogP contribution is -2.36. The monoisotopic (exact) mass is 456 g/mol. The number of aromatic nitrogens is 2. The second-order valence-electron chi connectivity index (χ2n) is 7.17. The van der Waals surface area contributed by atoms with Crippen molar-refractivity contribution in [1.29, 1.82) is 0 Å². The fraction of sp³-hybridized carbons (Fsp3) is 0.182. The topological polar surface area (TPSA) is 104 Å². The normalized spacial score (nSPS) is 15.1. The summed E-state index contributed by atoms with van der Waals surface area (Å²) in [6, 6.07) is 12.4. The van der Waals surface area contributed by atoms with E-state index in [9.17, 15) is 23.2 Å². The minimum atomic E-state index is -1.15. The zero-order chi connectivity index (χ0) is 22.7. The van der Waals surface area contributed by atoms with Crippen molar-refractivity contribution in [3.8, 4) is 0 Å². The molecule has 0 bridgehead atoms. The van der Waals surface area contributed by atoms with E-state index in [1.807, 2.05) is 30.3 Å². The molecule has 2 heterocycles. The number of nitrogens with zero attached hydrogens (tertiary/aromatic N) is 1. The molecule has 3 aromatic rings. The molecule has 164 valence electrons. The number of amides is 2. The van der Waals surface area contributed by atoms with Crippen LogP contribution in [-0.2, 0) is 16.0 Å². The summed E-state index contributed by atoms with van der Waals surface area (Å²) in [6.07, 6.45) is 0.468. The number of halogens is 2. The van der Waals surface area contributed by atoms with Gasteiger partial charge >= 0.3 is 0 Å². The van der Waals surface area contributed by atoms with Gasteiger partial charge in [0.2, 0.25) is 11.8 Å². The Morgan fingerprint density at radius 1 is 1.12 bits per heavy atom. The van der Waals surface area contributed by atoms with Crippen LogP contribution in [0.3, 0.4) is 0 Å².